The molecular formula is C14H10F2NO4S-. The molecule has 2 aromatic rings. The Balaban J connectivity index is 2.25. The Morgan fingerprint density at radius 3 is 2.32 bits per heavy atom. The number of carboxylic acids is 1. The summed E-state index contributed by atoms with van der Waals surface area (Å²) in [5, 5.41) is 10.7. The van der Waals surface area contributed by atoms with E-state index >= 15 is 0 Å². The van der Waals surface area contributed by atoms with E-state index in [2.05, 4.69) is 4.72 Å². The molecule has 0 bridgehead atoms. The molecule has 0 aliphatic rings. The fourth-order valence-electron chi connectivity index (χ4n) is 1.69. The number of carbonyl (C=O) groups excluding carboxylic acids is 1. The highest BCUT2D eigenvalue weighted by Crippen LogP contribution is 2.16. The van der Waals surface area contributed by atoms with Gasteiger partial charge in [-0.3, -0.25) is 0 Å². The molecule has 5 nitrogen and oxygen atoms in total. The van der Waals surface area contributed by atoms with Crippen LogP contribution in [0.3, 0.4) is 0 Å². The second-order valence-corrected chi connectivity index (χ2v) is 6.12. The van der Waals surface area contributed by atoms with Gasteiger partial charge in [0.15, 0.2) is 0 Å². The van der Waals surface area contributed by atoms with Crippen molar-refractivity contribution in [2.45, 2.75) is 11.4 Å². The third-order valence-electron chi connectivity index (χ3n) is 2.84. The molecule has 0 aliphatic carbocycles. The van der Waals surface area contributed by atoms with Crippen molar-refractivity contribution in [3.63, 3.8) is 0 Å². The van der Waals surface area contributed by atoms with Crippen LogP contribution in [0.15, 0.2) is 47.4 Å². The highest BCUT2D eigenvalue weighted by Gasteiger charge is 2.19. The van der Waals surface area contributed by atoms with Gasteiger partial charge in [-0.1, -0.05) is 18.2 Å². The summed E-state index contributed by atoms with van der Waals surface area (Å²) in [5.41, 5.74) is 0.00463. The summed E-state index contributed by atoms with van der Waals surface area (Å²) in [5.74, 6) is -3.18. The van der Waals surface area contributed by atoms with Gasteiger partial charge in [0.1, 0.15) is 16.5 Å². The van der Waals surface area contributed by atoms with Crippen molar-refractivity contribution in [2.24, 2.45) is 0 Å². The fraction of sp³-hybridized carbons (Fsp3) is 0.0714. The smallest absolute Gasteiger partial charge is 0.243 e. The first-order chi connectivity index (χ1) is 10.3. The fourth-order valence-corrected chi connectivity index (χ4v) is 2.81. The molecule has 0 saturated carbocycles. The van der Waals surface area contributed by atoms with E-state index in [0.29, 0.717) is 11.6 Å². The van der Waals surface area contributed by atoms with Crippen LogP contribution in [0.4, 0.5) is 8.78 Å². The van der Waals surface area contributed by atoms with E-state index in [4.69, 9.17) is 0 Å². The summed E-state index contributed by atoms with van der Waals surface area (Å²) in [6.07, 6.45) is 0. The number of benzene rings is 2. The van der Waals surface area contributed by atoms with Crippen LogP contribution in [-0.2, 0) is 16.6 Å². The lowest BCUT2D eigenvalue weighted by atomic mass is 10.2. The first kappa shape index (κ1) is 16.1. The lowest BCUT2D eigenvalue weighted by molar-refractivity contribution is -0.255. The van der Waals surface area contributed by atoms with Gasteiger partial charge in [0.25, 0.3) is 0 Å². The Morgan fingerprint density at radius 2 is 1.73 bits per heavy atom. The van der Waals surface area contributed by atoms with Gasteiger partial charge < -0.3 is 9.90 Å². The van der Waals surface area contributed by atoms with Crippen LogP contribution in [0, 0.1) is 11.6 Å². The van der Waals surface area contributed by atoms with Crippen molar-refractivity contribution in [1.82, 2.24) is 4.72 Å². The highest BCUT2D eigenvalue weighted by molar-refractivity contribution is 7.89. The predicted molar refractivity (Wildman–Crippen MR) is 71.2 cm³/mol. The van der Waals surface area contributed by atoms with Gasteiger partial charge in [-0.15, -0.1) is 0 Å². The summed E-state index contributed by atoms with van der Waals surface area (Å²) in [7, 11) is -4.27. The third-order valence-corrected chi connectivity index (χ3v) is 4.25. The number of sulfonamides is 1. The lowest BCUT2D eigenvalue weighted by Gasteiger charge is -2.10. The van der Waals surface area contributed by atoms with Crippen molar-refractivity contribution in [3.8, 4) is 0 Å². The van der Waals surface area contributed by atoms with Crippen molar-refractivity contribution in [2.75, 3.05) is 0 Å². The number of hydrogen-bond acceptors (Lipinski definition) is 4. The van der Waals surface area contributed by atoms with Gasteiger partial charge in [0, 0.05) is 6.54 Å². The van der Waals surface area contributed by atoms with Crippen LogP contribution in [0.25, 0.3) is 0 Å². The standard InChI is InChI=1S/C14H11F2NO4S/c15-11-4-1-9(2-5-11)8-17-22(20,21)13-7-10(14(18)19)3-6-12(13)16/h1-7,17H,8H2,(H,18,19)/p-1. The van der Waals surface area contributed by atoms with Crippen LogP contribution in [0.5, 0.6) is 0 Å². The van der Waals surface area contributed by atoms with Gasteiger partial charge >= 0.3 is 0 Å². The molecule has 22 heavy (non-hydrogen) atoms. The van der Waals surface area contributed by atoms with E-state index in [1.807, 2.05) is 0 Å². The molecule has 0 spiro atoms. The zero-order valence-corrected chi connectivity index (χ0v) is 11.9. The topological polar surface area (TPSA) is 86.3 Å². The van der Waals surface area contributed by atoms with Gasteiger partial charge in [0.05, 0.1) is 5.97 Å². The predicted octanol–water partition coefficient (Wildman–Crippen LogP) is 0.807. The molecule has 0 saturated heterocycles. The Kier molecular flexibility index (Phi) is 4.53. The third kappa shape index (κ3) is 3.66. The van der Waals surface area contributed by atoms with Gasteiger partial charge in [-0.25, -0.2) is 21.9 Å². The average molecular weight is 326 g/mol. The molecule has 2 aromatic carbocycles. The Bertz CT molecular complexity index is 804. The molecule has 2 rings (SSSR count). The highest BCUT2D eigenvalue weighted by atomic mass is 32.2. The minimum atomic E-state index is -4.27. The zero-order chi connectivity index (χ0) is 16.3. The van der Waals surface area contributed by atoms with E-state index in [1.165, 1.54) is 12.1 Å². The molecule has 116 valence electrons. The first-order valence-corrected chi connectivity index (χ1v) is 7.53. The number of nitrogens with one attached hydrogen (secondary N) is 1. The molecule has 0 aromatic heterocycles. The quantitative estimate of drug-likeness (QED) is 0.881. The summed E-state index contributed by atoms with van der Waals surface area (Å²) in [4.78, 5) is 9.92. The van der Waals surface area contributed by atoms with E-state index in [9.17, 15) is 27.1 Å². The van der Waals surface area contributed by atoms with Gasteiger partial charge in [0.2, 0.25) is 10.0 Å². The Morgan fingerprint density at radius 1 is 1.09 bits per heavy atom. The van der Waals surface area contributed by atoms with E-state index in [1.54, 1.807) is 0 Å². The van der Waals surface area contributed by atoms with Crippen molar-refractivity contribution in [1.29, 1.82) is 0 Å². The second kappa shape index (κ2) is 6.20. The number of hydrogen-bond donors (Lipinski definition) is 1. The van der Waals surface area contributed by atoms with Crippen molar-refractivity contribution in [3.05, 3.63) is 65.2 Å². The van der Waals surface area contributed by atoms with E-state index in [0.717, 1.165) is 24.3 Å². The van der Waals surface area contributed by atoms with Crippen LogP contribution < -0.4 is 9.83 Å². The Labute approximate surface area is 125 Å². The van der Waals surface area contributed by atoms with E-state index < -0.39 is 38.1 Å². The van der Waals surface area contributed by atoms with E-state index in [-0.39, 0.29) is 6.54 Å². The average Bonchev–Trinajstić information content (AvgIpc) is 2.46. The zero-order valence-electron chi connectivity index (χ0n) is 11.0. The lowest BCUT2D eigenvalue weighted by Crippen LogP contribution is -2.26. The molecule has 0 heterocycles. The van der Waals surface area contributed by atoms with Crippen LogP contribution in [0.1, 0.15) is 15.9 Å². The maximum atomic E-state index is 13.6. The maximum Gasteiger partial charge on any atom is 0.243 e. The maximum absolute atomic E-state index is 13.6. The molecule has 0 radical (unpaired) electrons. The Hall–Kier alpha value is -2.32. The summed E-state index contributed by atoms with van der Waals surface area (Å²) in [6.45, 7) is -0.197. The van der Waals surface area contributed by atoms with Crippen LogP contribution >= 0.6 is 0 Å². The minimum absolute atomic E-state index is 0.197. The van der Waals surface area contributed by atoms with Gasteiger partial charge in [-0.05, 0) is 35.4 Å². The molecule has 0 unspecified atom stereocenters. The number of rotatable bonds is 5. The summed E-state index contributed by atoms with van der Waals surface area (Å²) in [6, 6.07) is 7.36. The number of carboxylic acid groups (broad SMARTS) is 1. The largest absolute Gasteiger partial charge is 0.545 e. The molecule has 8 heteroatoms. The number of aromatic carboxylic acids is 1. The molecular weight excluding hydrogens is 316 g/mol. The normalized spacial score (nSPS) is 11.4. The van der Waals surface area contributed by atoms with Crippen molar-refractivity contribution < 1.29 is 27.1 Å². The van der Waals surface area contributed by atoms with Crippen molar-refractivity contribution >= 4 is 16.0 Å². The minimum Gasteiger partial charge on any atom is -0.545 e. The van der Waals surface area contributed by atoms with Crippen LogP contribution in [0.2, 0.25) is 0 Å². The number of carbonyl (C=O) groups is 1. The summed E-state index contributed by atoms with van der Waals surface area (Å²) < 4.78 is 52.5. The monoisotopic (exact) mass is 326 g/mol. The molecule has 0 aliphatic heterocycles. The first-order valence-electron chi connectivity index (χ1n) is 6.04. The van der Waals surface area contributed by atoms with Gasteiger partial charge in [-0.2, -0.15) is 0 Å². The SMILES string of the molecule is O=C([O-])c1ccc(F)c(S(=O)(=O)NCc2ccc(F)cc2)c1. The second-order valence-electron chi connectivity index (χ2n) is 4.38. The van der Waals surface area contributed by atoms with Crippen LogP contribution in [-0.4, -0.2) is 14.4 Å². The molecule has 0 amide bonds. The molecule has 1 N–H and O–H groups in total. The summed E-state index contributed by atoms with van der Waals surface area (Å²) >= 11 is 0. The molecule has 0 atom stereocenters. The molecule has 0 fully saturated rings. The number of halogens is 2.